The molecular weight excluding hydrogens is 512 g/mol. The predicted molar refractivity (Wildman–Crippen MR) is 189 cm³/mol. The Labute approximate surface area is 265 Å². The minimum atomic E-state index is -0.785. The van der Waals surface area contributed by atoms with Gasteiger partial charge in [0, 0.05) is 5.57 Å². The highest BCUT2D eigenvalue weighted by Crippen LogP contribution is 2.25. The van der Waals surface area contributed by atoms with Crippen LogP contribution in [-0.2, 0) is 4.79 Å². The van der Waals surface area contributed by atoms with Crippen LogP contribution in [0.1, 0.15) is 226 Å². The molecule has 0 heterocycles. The molecule has 0 aromatic heterocycles. The van der Waals surface area contributed by atoms with Gasteiger partial charge >= 0.3 is 5.97 Å². The van der Waals surface area contributed by atoms with Crippen molar-refractivity contribution in [2.45, 2.75) is 226 Å². The number of hydrogen-bond acceptors (Lipinski definition) is 1. The quantitative estimate of drug-likeness (QED) is 0.0588. The first-order valence-electron chi connectivity index (χ1n) is 19.4. The van der Waals surface area contributed by atoms with E-state index in [0.29, 0.717) is 5.57 Å². The van der Waals surface area contributed by atoms with E-state index < -0.39 is 5.97 Å². The highest BCUT2D eigenvalue weighted by Gasteiger charge is 2.17. The highest BCUT2D eigenvalue weighted by molar-refractivity contribution is 5.86. The van der Waals surface area contributed by atoms with Crippen LogP contribution < -0.4 is 0 Å². The Morgan fingerprint density at radius 1 is 0.452 bits per heavy atom. The molecule has 0 aromatic rings. The number of rotatable bonds is 35. The molecule has 0 rings (SSSR count). The average Bonchev–Trinajstić information content (AvgIpc) is 2.97. The lowest BCUT2D eigenvalue weighted by Gasteiger charge is -2.17. The van der Waals surface area contributed by atoms with E-state index in [2.05, 4.69) is 27.4 Å². The molecule has 0 aliphatic carbocycles. The van der Waals surface area contributed by atoms with Gasteiger partial charge in [-0.1, -0.05) is 220 Å². The Hall–Kier alpha value is -0.790. The Kier molecular flexibility index (Phi) is 32.5. The van der Waals surface area contributed by atoms with Crippen molar-refractivity contribution in [2.75, 3.05) is 0 Å². The third-order valence-corrected chi connectivity index (χ3v) is 9.51. The zero-order valence-electron chi connectivity index (χ0n) is 29.3. The zero-order chi connectivity index (χ0) is 30.9. The van der Waals surface area contributed by atoms with Gasteiger partial charge in [0.05, 0.1) is 0 Å². The van der Waals surface area contributed by atoms with Crippen molar-refractivity contribution in [3.8, 4) is 0 Å². The second-order valence-corrected chi connectivity index (χ2v) is 14.2. The van der Waals surface area contributed by atoms with Gasteiger partial charge in [-0.05, 0) is 24.7 Å². The molecule has 0 spiro atoms. The van der Waals surface area contributed by atoms with Gasteiger partial charge in [0.15, 0.2) is 0 Å². The summed E-state index contributed by atoms with van der Waals surface area (Å²) in [5.41, 5.74) is 0.454. The van der Waals surface area contributed by atoms with Gasteiger partial charge in [-0.15, -0.1) is 0 Å². The normalized spacial score (nSPS) is 12.3. The van der Waals surface area contributed by atoms with Crippen molar-refractivity contribution in [1.82, 2.24) is 0 Å². The van der Waals surface area contributed by atoms with Crippen molar-refractivity contribution in [3.63, 3.8) is 0 Å². The predicted octanol–water partition coefficient (Wildman–Crippen LogP) is 14.4. The molecule has 1 atom stereocenters. The molecule has 2 heteroatoms. The molecule has 0 saturated carbocycles. The van der Waals surface area contributed by atoms with E-state index in [1.165, 1.54) is 180 Å². The minimum Gasteiger partial charge on any atom is -0.478 e. The lowest BCUT2D eigenvalue weighted by molar-refractivity contribution is -0.133. The molecule has 0 bridgehead atoms. The Balaban J connectivity index is 3.60. The first kappa shape index (κ1) is 41.2. The van der Waals surface area contributed by atoms with Gasteiger partial charge < -0.3 is 5.11 Å². The van der Waals surface area contributed by atoms with Crippen LogP contribution in [0.2, 0.25) is 0 Å². The van der Waals surface area contributed by atoms with Gasteiger partial charge in [0.25, 0.3) is 0 Å². The van der Waals surface area contributed by atoms with Crippen LogP contribution in [0.4, 0.5) is 0 Å². The lowest BCUT2D eigenvalue weighted by Crippen LogP contribution is -2.12. The van der Waals surface area contributed by atoms with E-state index in [1.54, 1.807) is 0 Å². The molecule has 0 fully saturated rings. The first-order valence-corrected chi connectivity index (χ1v) is 19.4. The Bertz CT molecular complexity index is 566. The summed E-state index contributed by atoms with van der Waals surface area (Å²) in [5.74, 6) is 0.266. The third-order valence-electron chi connectivity index (χ3n) is 9.51. The number of carboxylic acids is 1. The fourth-order valence-corrected chi connectivity index (χ4v) is 6.49. The molecule has 0 aromatic carbocycles. The van der Waals surface area contributed by atoms with E-state index in [-0.39, 0.29) is 5.92 Å². The topological polar surface area (TPSA) is 37.3 Å². The number of carbonyl (C=O) groups is 1. The fraction of sp³-hybridized carbons (Fsp3) is 0.925. The maximum atomic E-state index is 11.6. The van der Waals surface area contributed by atoms with Crippen molar-refractivity contribution < 1.29 is 9.90 Å². The second kappa shape index (κ2) is 33.1. The molecule has 0 saturated heterocycles. The SMILES string of the molecule is C=C(C(=O)O)C(CCCCCCCCCCCCCCCC)CCCCCCCCCCCCCCCCCC(C)C. The van der Waals surface area contributed by atoms with Gasteiger partial charge in [-0.25, -0.2) is 4.79 Å². The van der Waals surface area contributed by atoms with E-state index in [9.17, 15) is 9.90 Å². The van der Waals surface area contributed by atoms with E-state index in [0.717, 1.165) is 31.6 Å². The monoisotopic (exact) mass is 591 g/mol. The molecule has 0 radical (unpaired) electrons. The third kappa shape index (κ3) is 30.7. The van der Waals surface area contributed by atoms with Gasteiger partial charge in [-0.3, -0.25) is 0 Å². The van der Waals surface area contributed by atoms with Crippen LogP contribution in [0.5, 0.6) is 0 Å². The van der Waals surface area contributed by atoms with Gasteiger partial charge in [-0.2, -0.15) is 0 Å². The molecular formula is C40H78O2. The molecule has 1 N–H and O–H groups in total. The van der Waals surface area contributed by atoms with Crippen LogP contribution in [0, 0.1) is 11.8 Å². The van der Waals surface area contributed by atoms with Gasteiger partial charge in [0.1, 0.15) is 0 Å². The molecule has 2 nitrogen and oxygen atoms in total. The molecule has 1 unspecified atom stereocenters. The molecule has 42 heavy (non-hydrogen) atoms. The van der Waals surface area contributed by atoms with Crippen LogP contribution in [-0.4, -0.2) is 11.1 Å². The summed E-state index contributed by atoms with van der Waals surface area (Å²) < 4.78 is 0. The van der Waals surface area contributed by atoms with Crippen molar-refractivity contribution in [2.24, 2.45) is 11.8 Å². The zero-order valence-corrected chi connectivity index (χ0v) is 29.3. The average molecular weight is 591 g/mol. The number of hydrogen-bond donors (Lipinski definition) is 1. The van der Waals surface area contributed by atoms with Crippen LogP contribution in [0.3, 0.4) is 0 Å². The molecule has 0 amide bonds. The summed E-state index contributed by atoms with van der Waals surface area (Å²) in [4.78, 5) is 11.6. The number of aliphatic carboxylic acids is 1. The molecule has 0 aliphatic heterocycles. The highest BCUT2D eigenvalue weighted by atomic mass is 16.4. The van der Waals surface area contributed by atoms with E-state index in [1.807, 2.05) is 0 Å². The first-order chi connectivity index (χ1) is 20.5. The second-order valence-electron chi connectivity index (χ2n) is 14.2. The summed E-state index contributed by atoms with van der Waals surface area (Å²) in [7, 11) is 0. The van der Waals surface area contributed by atoms with Crippen molar-refractivity contribution in [3.05, 3.63) is 12.2 Å². The maximum absolute atomic E-state index is 11.6. The summed E-state index contributed by atoms with van der Waals surface area (Å²) in [5, 5.41) is 9.52. The summed E-state index contributed by atoms with van der Waals surface area (Å²) >= 11 is 0. The van der Waals surface area contributed by atoms with Crippen LogP contribution in [0.25, 0.3) is 0 Å². The van der Waals surface area contributed by atoms with Crippen molar-refractivity contribution in [1.29, 1.82) is 0 Å². The number of unbranched alkanes of at least 4 members (excludes halogenated alkanes) is 27. The van der Waals surface area contributed by atoms with Crippen LogP contribution in [0.15, 0.2) is 12.2 Å². The Morgan fingerprint density at radius 3 is 0.929 bits per heavy atom. The lowest BCUT2D eigenvalue weighted by atomic mass is 9.88. The maximum Gasteiger partial charge on any atom is 0.331 e. The molecule has 250 valence electrons. The molecule has 0 aliphatic rings. The summed E-state index contributed by atoms with van der Waals surface area (Å²) in [6.45, 7) is 10.9. The fourth-order valence-electron chi connectivity index (χ4n) is 6.49. The number of carboxylic acid groups (broad SMARTS) is 1. The van der Waals surface area contributed by atoms with E-state index in [4.69, 9.17) is 0 Å². The van der Waals surface area contributed by atoms with Crippen LogP contribution >= 0.6 is 0 Å². The smallest absolute Gasteiger partial charge is 0.331 e. The minimum absolute atomic E-state index is 0.180. The summed E-state index contributed by atoms with van der Waals surface area (Å²) in [6, 6.07) is 0. The van der Waals surface area contributed by atoms with Gasteiger partial charge in [0.2, 0.25) is 0 Å². The van der Waals surface area contributed by atoms with E-state index >= 15 is 0 Å². The summed E-state index contributed by atoms with van der Waals surface area (Å²) in [6.07, 6.45) is 43.3. The Morgan fingerprint density at radius 2 is 0.690 bits per heavy atom. The standard InChI is InChI=1S/C40H78O2/c1-5-6-7-8-9-10-11-12-17-20-23-26-29-32-35-39(38(4)40(41)42)36-33-30-27-24-21-18-15-13-14-16-19-22-25-28-31-34-37(2)3/h37,39H,4-36H2,1-3H3,(H,41,42). The van der Waals surface area contributed by atoms with Crippen molar-refractivity contribution >= 4 is 5.97 Å². The largest absolute Gasteiger partial charge is 0.478 e.